The van der Waals surface area contributed by atoms with Crippen LogP contribution in [0.1, 0.15) is 10.5 Å². The fraction of sp³-hybridized carbons (Fsp3) is 0.100. The number of nitrogens with zero attached hydrogens (tertiary/aromatic N) is 3. The molecule has 88 valence electrons. The summed E-state index contributed by atoms with van der Waals surface area (Å²) in [5.41, 5.74) is 0.682. The molecule has 0 spiro atoms. The third-order valence-electron chi connectivity index (χ3n) is 2.00. The van der Waals surface area contributed by atoms with Crippen LogP contribution in [0.5, 0.6) is 0 Å². The lowest BCUT2D eigenvalue weighted by Crippen LogP contribution is -2.13. The normalized spacial score (nSPS) is 10.3. The van der Waals surface area contributed by atoms with Gasteiger partial charge in [0.1, 0.15) is 10.3 Å². The van der Waals surface area contributed by atoms with Crippen molar-refractivity contribution in [2.24, 2.45) is 7.05 Å². The second-order valence-electron chi connectivity index (χ2n) is 3.33. The number of aromatic nitrogens is 3. The lowest BCUT2D eigenvalue weighted by atomic mass is 10.3. The maximum absolute atomic E-state index is 12.9. The Labute approximate surface area is 105 Å². The molecule has 0 bridgehead atoms. The van der Waals surface area contributed by atoms with Gasteiger partial charge in [-0.3, -0.25) is 9.48 Å². The van der Waals surface area contributed by atoms with E-state index in [2.05, 4.69) is 31.3 Å². The van der Waals surface area contributed by atoms with E-state index in [4.69, 9.17) is 0 Å². The van der Waals surface area contributed by atoms with Gasteiger partial charge in [0, 0.05) is 13.2 Å². The monoisotopic (exact) mass is 298 g/mol. The van der Waals surface area contributed by atoms with E-state index in [1.807, 2.05) is 0 Å². The van der Waals surface area contributed by atoms with Crippen molar-refractivity contribution in [1.29, 1.82) is 0 Å². The molecule has 0 aliphatic rings. The molecule has 0 radical (unpaired) electrons. The first-order chi connectivity index (χ1) is 8.06. The molecule has 17 heavy (non-hydrogen) atoms. The van der Waals surface area contributed by atoms with Crippen LogP contribution < -0.4 is 5.32 Å². The quantitative estimate of drug-likeness (QED) is 0.862. The van der Waals surface area contributed by atoms with Crippen LogP contribution in [-0.4, -0.2) is 20.7 Å². The molecule has 0 atom stereocenters. The van der Waals surface area contributed by atoms with Crippen molar-refractivity contribution in [3.05, 3.63) is 40.6 Å². The van der Waals surface area contributed by atoms with Crippen LogP contribution in [0.25, 0.3) is 0 Å². The van der Waals surface area contributed by atoms with Gasteiger partial charge < -0.3 is 5.32 Å². The number of pyridine rings is 1. The number of nitrogens with one attached hydrogen (secondary N) is 1. The van der Waals surface area contributed by atoms with E-state index in [1.165, 1.54) is 18.3 Å². The van der Waals surface area contributed by atoms with Gasteiger partial charge in [0.15, 0.2) is 5.82 Å². The van der Waals surface area contributed by atoms with Crippen molar-refractivity contribution >= 4 is 27.5 Å². The van der Waals surface area contributed by atoms with Crippen molar-refractivity contribution in [2.45, 2.75) is 0 Å². The highest BCUT2D eigenvalue weighted by Crippen LogP contribution is 2.13. The van der Waals surface area contributed by atoms with Crippen LogP contribution in [0, 0.1) is 5.82 Å². The summed E-state index contributed by atoms with van der Waals surface area (Å²) in [5, 5.41) is 6.50. The summed E-state index contributed by atoms with van der Waals surface area (Å²) >= 11 is 2.92. The van der Waals surface area contributed by atoms with E-state index in [-0.39, 0.29) is 10.3 Å². The van der Waals surface area contributed by atoms with Gasteiger partial charge in [-0.15, -0.1) is 0 Å². The molecule has 0 aliphatic heterocycles. The van der Waals surface area contributed by atoms with Crippen molar-refractivity contribution in [3.63, 3.8) is 0 Å². The summed E-state index contributed by atoms with van der Waals surface area (Å²) in [6.45, 7) is 0. The van der Waals surface area contributed by atoms with Gasteiger partial charge in [0.25, 0.3) is 5.91 Å². The number of hydrogen-bond donors (Lipinski definition) is 1. The van der Waals surface area contributed by atoms with E-state index in [0.29, 0.717) is 5.69 Å². The highest BCUT2D eigenvalue weighted by molar-refractivity contribution is 9.10. The van der Waals surface area contributed by atoms with E-state index < -0.39 is 11.7 Å². The Morgan fingerprint density at radius 1 is 1.53 bits per heavy atom. The fourth-order valence-corrected chi connectivity index (χ4v) is 1.55. The molecular formula is C10H8BrFN4O. The van der Waals surface area contributed by atoms with Crippen molar-refractivity contribution in [2.75, 3.05) is 5.32 Å². The first kappa shape index (κ1) is 11.7. The molecule has 7 heteroatoms. The minimum atomic E-state index is -0.511. The van der Waals surface area contributed by atoms with E-state index in [0.717, 1.165) is 0 Å². The highest BCUT2D eigenvalue weighted by Gasteiger charge is 2.11. The Hall–Kier alpha value is -1.76. The largest absolute Gasteiger partial charge is 0.318 e. The van der Waals surface area contributed by atoms with Crippen molar-refractivity contribution < 1.29 is 9.18 Å². The zero-order chi connectivity index (χ0) is 12.4. The fourth-order valence-electron chi connectivity index (χ4n) is 1.22. The standard InChI is InChI=1S/C10H8BrFN4O/c1-16-5-6(4-13-16)14-10(17)8-3-2-7(12)9(11)15-8/h2-5H,1H3,(H,14,17). The molecule has 0 saturated heterocycles. The van der Waals surface area contributed by atoms with Crippen LogP contribution in [0.2, 0.25) is 0 Å². The van der Waals surface area contributed by atoms with E-state index in [9.17, 15) is 9.18 Å². The molecular weight excluding hydrogens is 291 g/mol. The summed E-state index contributed by atoms with van der Waals surface area (Å²) in [7, 11) is 1.74. The average molecular weight is 299 g/mol. The first-order valence-corrected chi connectivity index (χ1v) is 5.47. The smallest absolute Gasteiger partial charge is 0.274 e. The molecule has 0 unspecified atom stereocenters. The molecule has 1 amide bonds. The van der Waals surface area contributed by atoms with Crippen LogP contribution in [0.4, 0.5) is 10.1 Å². The van der Waals surface area contributed by atoms with Gasteiger partial charge in [-0.2, -0.15) is 5.10 Å². The van der Waals surface area contributed by atoms with Crippen LogP contribution in [0.3, 0.4) is 0 Å². The predicted octanol–water partition coefficient (Wildman–Crippen LogP) is 1.97. The molecule has 2 aromatic rings. The van der Waals surface area contributed by atoms with Crippen LogP contribution in [0.15, 0.2) is 29.1 Å². The molecule has 2 rings (SSSR count). The maximum Gasteiger partial charge on any atom is 0.274 e. The molecule has 0 aliphatic carbocycles. The lowest BCUT2D eigenvalue weighted by Gasteiger charge is -2.02. The van der Waals surface area contributed by atoms with E-state index in [1.54, 1.807) is 17.9 Å². The van der Waals surface area contributed by atoms with Gasteiger partial charge in [0.05, 0.1) is 11.9 Å². The number of halogens is 2. The Balaban J connectivity index is 2.17. The van der Waals surface area contributed by atoms with Crippen molar-refractivity contribution in [1.82, 2.24) is 14.8 Å². The Morgan fingerprint density at radius 2 is 2.29 bits per heavy atom. The second-order valence-corrected chi connectivity index (χ2v) is 4.08. The Morgan fingerprint density at radius 3 is 2.88 bits per heavy atom. The topological polar surface area (TPSA) is 59.8 Å². The van der Waals surface area contributed by atoms with E-state index >= 15 is 0 Å². The number of amides is 1. The van der Waals surface area contributed by atoms with Gasteiger partial charge >= 0.3 is 0 Å². The van der Waals surface area contributed by atoms with Crippen LogP contribution in [-0.2, 0) is 7.05 Å². The predicted molar refractivity (Wildman–Crippen MR) is 63.1 cm³/mol. The van der Waals surface area contributed by atoms with Gasteiger partial charge in [-0.1, -0.05) is 0 Å². The number of rotatable bonds is 2. The molecule has 1 N–H and O–H groups in total. The number of carbonyl (C=O) groups is 1. The van der Waals surface area contributed by atoms with Crippen LogP contribution >= 0.6 is 15.9 Å². The van der Waals surface area contributed by atoms with Gasteiger partial charge in [0.2, 0.25) is 0 Å². The zero-order valence-corrected chi connectivity index (χ0v) is 10.4. The molecule has 0 saturated carbocycles. The SMILES string of the molecule is Cn1cc(NC(=O)c2ccc(F)c(Br)n2)cn1. The molecule has 2 aromatic heterocycles. The summed E-state index contributed by atoms with van der Waals surface area (Å²) in [5.74, 6) is -0.929. The van der Waals surface area contributed by atoms with Gasteiger partial charge in [-0.25, -0.2) is 9.37 Å². The number of hydrogen-bond acceptors (Lipinski definition) is 3. The Bertz CT molecular complexity index is 569. The second kappa shape index (κ2) is 4.62. The highest BCUT2D eigenvalue weighted by atomic mass is 79.9. The maximum atomic E-state index is 12.9. The summed E-state index contributed by atoms with van der Waals surface area (Å²) in [6.07, 6.45) is 3.16. The lowest BCUT2D eigenvalue weighted by molar-refractivity contribution is 0.102. The summed E-state index contributed by atoms with van der Waals surface area (Å²) in [4.78, 5) is 15.5. The summed E-state index contributed by atoms with van der Waals surface area (Å²) < 4.78 is 14.5. The summed E-state index contributed by atoms with van der Waals surface area (Å²) in [6, 6.07) is 2.49. The molecule has 2 heterocycles. The number of aryl methyl sites for hydroxylation is 1. The minimum absolute atomic E-state index is 0.0105. The number of anilines is 1. The average Bonchev–Trinajstić information content (AvgIpc) is 2.68. The molecule has 0 fully saturated rings. The van der Waals surface area contributed by atoms with Crippen molar-refractivity contribution in [3.8, 4) is 0 Å². The first-order valence-electron chi connectivity index (χ1n) is 4.68. The third-order valence-corrected chi connectivity index (χ3v) is 2.55. The molecule has 5 nitrogen and oxygen atoms in total. The zero-order valence-electron chi connectivity index (χ0n) is 8.82. The Kier molecular flexibility index (Phi) is 3.19. The number of carbonyl (C=O) groups excluding carboxylic acids is 1. The van der Waals surface area contributed by atoms with Gasteiger partial charge in [-0.05, 0) is 28.1 Å². The molecule has 0 aromatic carbocycles. The minimum Gasteiger partial charge on any atom is -0.318 e. The third kappa shape index (κ3) is 2.68.